The molecule has 0 fully saturated rings. The normalized spacial score (nSPS) is 13.0. The number of hydrogen-bond acceptors (Lipinski definition) is 3. The fourth-order valence-corrected chi connectivity index (χ4v) is 3.39. The molecule has 28 heavy (non-hydrogen) atoms. The van der Waals surface area contributed by atoms with E-state index in [1.807, 2.05) is 81.6 Å². The van der Waals surface area contributed by atoms with E-state index in [4.69, 9.17) is 9.15 Å². The average molecular weight is 379 g/mol. The van der Waals surface area contributed by atoms with Crippen molar-refractivity contribution >= 4 is 11.6 Å². The van der Waals surface area contributed by atoms with Gasteiger partial charge in [-0.15, -0.1) is 0 Å². The number of quaternary nitrogens is 1. The maximum atomic E-state index is 13.3. The summed E-state index contributed by atoms with van der Waals surface area (Å²) in [6.07, 6.45) is 0. The quantitative estimate of drug-likeness (QED) is 0.662. The average Bonchev–Trinajstić information content (AvgIpc) is 3.07. The molecule has 146 valence electrons. The standard InChI is InChI=1S/C23H26N2O3/c1-16-10-13-21(27-4)20(14-16)24-23(26)22(18-8-6-5-7-9-18)25(3)15-19-12-11-17(2)28-19/h5-14,22H,15H2,1-4H3,(H,24,26)/p+1/t22-/m1/s1. The van der Waals surface area contributed by atoms with E-state index >= 15 is 0 Å². The van der Waals surface area contributed by atoms with E-state index in [1.165, 1.54) is 0 Å². The van der Waals surface area contributed by atoms with Crippen LogP contribution in [-0.4, -0.2) is 20.1 Å². The minimum absolute atomic E-state index is 0.0871. The van der Waals surface area contributed by atoms with E-state index in [0.29, 0.717) is 18.0 Å². The summed E-state index contributed by atoms with van der Waals surface area (Å²) in [7, 11) is 3.61. The van der Waals surface area contributed by atoms with Crippen LogP contribution < -0.4 is 15.0 Å². The zero-order chi connectivity index (χ0) is 20.1. The first kappa shape index (κ1) is 19.7. The number of likely N-dealkylation sites (N-methyl/N-ethyl adjacent to an activating group) is 1. The van der Waals surface area contributed by atoms with Gasteiger partial charge in [0.05, 0.1) is 19.8 Å². The van der Waals surface area contributed by atoms with Crippen LogP contribution in [0.2, 0.25) is 0 Å². The highest BCUT2D eigenvalue weighted by atomic mass is 16.5. The first-order chi connectivity index (χ1) is 13.5. The zero-order valence-corrected chi connectivity index (χ0v) is 16.8. The lowest BCUT2D eigenvalue weighted by atomic mass is 10.0. The number of benzene rings is 2. The monoisotopic (exact) mass is 379 g/mol. The molecule has 2 N–H and O–H groups in total. The molecule has 3 rings (SSSR count). The lowest BCUT2D eigenvalue weighted by Gasteiger charge is -2.24. The molecule has 0 saturated carbocycles. The summed E-state index contributed by atoms with van der Waals surface area (Å²) >= 11 is 0. The third-order valence-electron chi connectivity index (χ3n) is 4.75. The molecule has 0 spiro atoms. The van der Waals surface area contributed by atoms with Crippen LogP contribution in [0.15, 0.2) is 65.1 Å². The SMILES string of the molecule is COc1ccc(C)cc1NC(=O)[C@@H](c1ccccc1)[NH+](C)Cc1ccc(C)o1. The molecule has 1 aromatic heterocycles. The van der Waals surface area contributed by atoms with Crippen LogP contribution in [0.1, 0.15) is 28.7 Å². The second-order valence-electron chi connectivity index (χ2n) is 7.07. The number of aryl methyl sites for hydroxylation is 2. The number of nitrogens with one attached hydrogen (secondary N) is 2. The molecule has 1 unspecified atom stereocenters. The molecule has 1 amide bonds. The Kier molecular flexibility index (Phi) is 6.16. The lowest BCUT2D eigenvalue weighted by Crippen LogP contribution is -3.09. The van der Waals surface area contributed by atoms with Gasteiger partial charge in [0, 0.05) is 5.56 Å². The third kappa shape index (κ3) is 4.61. The second kappa shape index (κ2) is 8.76. The van der Waals surface area contributed by atoms with Crippen molar-refractivity contribution in [1.82, 2.24) is 0 Å². The van der Waals surface area contributed by atoms with Crippen molar-refractivity contribution < 1.29 is 18.8 Å². The number of methoxy groups -OCH3 is 1. The van der Waals surface area contributed by atoms with Crippen LogP contribution >= 0.6 is 0 Å². The summed E-state index contributed by atoms with van der Waals surface area (Å²) in [6, 6.07) is 19.1. The third-order valence-corrected chi connectivity index (χ3v) is 4.75. The van der Waals surface area contributed by atoms with Gasteiger partial charge < -0.3 is 19.4 Å². The Bertz CT molecular complexity index is 934. The van der Waals surface area contributed by atoms with Gasteiger partial charge in [0.25, 0.3) is 5.91 Å². The number of hydrogen-bond donors (Lipinski definition) is 2. The summed E-state index contributed by atoms with van der Waals surface area (Å²) in [5.41, 5.74) is 2.68. The Balaban J connectivity index is 1.88. The van der Waals surface area contributed by atoms with Crippen LogP contribution in [0.4, 0.5) is 5.69 Å². The maximum absolute atomic E-state index is 13.3. The van der Waals surface area contributed by atoms with Crippen molar-refractivity contribution in [2.45, 2.75) is 26.4 Å². The summed E-state index contributed by atoms with van der Waals surface area (Å²) in [5.74, 6) is 2.28. The van der Waals surface area contributed by atoms with Crippen molar-refractivity contribution in [3.63, 3.8) is 0 Å². The molecular weight excluding hydrogens is 352 g/mol. The first-order valence-corrected chi connectivity index (χ1v) is 9.36. The number of furan rings is 1. The van der Waals surface area contributed by atoms with Crippen LogP contribution in [0.3, 0.4) is 0 Å². The Morgan fingerprint density at radius 1 is 1.11 bits per heavy atom. The topological polar surface area (TPSA) is 55.9 Å². The predicted molar refractivity (Wildman–Crippen MR) is 110 cm³/mol. The Morgan fingerprint density at radius 2 is 1.86 bits per heavy atom. The van der Waals surface area contributed by atoms with E-state index in [2.05, 4.69) is 5.32 Å². The Morgan fingerprint density at radius 3 is 2.50 bits per heavy atom. The summed E-state index contributed by atoms with van der Waals surface area (Å²) in [5, 5.41) is 3.06. The molecule has 0 bridgehead atoms. The zero-order valence-electron chi connectivity index (χ0n) is 16.8. The summed E-state index contributed by atoms with van der Waals surface area (Å²) < 4.78 is 11.1. The number of amides is 1. The highest BCUT2D eigenvalue weighted by Gasteiger charge is 2.30. The van der Waals surface area contributed by atoms with Crippen molar-refractivity contribution in [3.05, 3.63) is 83.3 Å². The first-order valence-electron chi connectivity index (χ1n) is 9.36. The van der Waals surface area contributed by atoms with E-state index in [1.54, 1.807) is 7.11 Å². The molecule has 0 aliphatic carbocycles. The van der Waals surface area contributed by atoms with Gasteiger partial charge in [0.15, 0.2) is 11.8 Å². The molecule has 2 atom stereocenters. The molecule has 1 heterocycles. The van der Waals surface area contributed by atoms with Gasteiger partial charge in [0.2, 0.25) is 0 Å². The largest absolute Gasteiger partial charge is 0.495 e. The van der Waals surface area contributed by atoms with Crippen LogP contribution in [0, 0.1) is 13.8 Å². The molecule has 5 nitrogen and oxygen atoms in total. The van der Waals surface area contributed by atoms with E-state index in [9.17, 15) is 4.79 Å². The van der Waals surface area contributed by atoms with Crippen LogP contribution in [0.5, 0.6) is 5.75 Å². The summed E-state index contributed by atoms with van der Waals surface area (Å²) in [4.78, 5) is 14.3. The molecule has 3 aromatic rings. The lowest BCUT2D eigenvalue weighted by molar-refractivity contribution is -0.916. The van der Waals surface area contributed by atoms with Crippen LogP contribution in [0.25, 0.3) is 0 Å². The number of carbonyl (C=O) groups is 1. The van der Waals surface area contributed by atoms with Crippen molar-refractivity contribution in [2.24, 2.45) is 0 Å². The van der Waals surface area contributed by atoms with Crippen LogP contribution in [-0.2, 0) is 11.3 Å². The molecule has 2 aromatic carbocycles. The van der Waals surface area contributed by atoms with E-state index in [-0.39, 0.29) is 5.91 Å². The minimum Gasteiger partial charge on any atom is -0.495 e. The van der Waals surface area contributed by atoms with Gasteiger partial charge in [0.1, 0.15) is 18.1 Å². The highest BCUT2D eigenvalue weighted by molar-refractivity contribution is 5.96. The number of anilines is 1. The van der Waals surface area contributed by atoms with Crippen molar-refractivity contribution in [1.29, 1.82) is 0 Å². The number of ether oxygens (including phenoxy) is 1. The second-order valence-corrected chi connectivity index (χ2v) is 7.07. The van der Waals surface area contributed by atoms with Gasteiger partial charge in [-0.1, -0.05) is 36.4 Å². The molecule has 5 heteroatoms. The Hall–Kier alpha value is -3.05. The predicted octanol–water partition coefficient (Wildman–Crippen LogP) is 3.30. The number of rotatable bonds is 7. The molecule has 0 radical (unpaired) electrons. The van der Waals surface area contributed by atoms with Gasteiger partial charge >= 0.3 is 0 Å². The van der Waals surface area contributed by atoms with E-state index in [0.717, 1.165) is 27.5 Å². The maximum Gasteiger partial charge on any atom is 0.287 e. The van der Waals surface area contributed by atoms with Gasteiger partial charge in [-0.2, -0.15) is 0 Å². The van der Waals surface area contributed by atoms with E-state index < -0.39 is 6.04 Å². The molecular formula is C23H27N2O3+. The fraction of sp³-hybridized carbons (Fsp3) is 0.261. The molecule has 0 aliphatic rings. The molecule has 0 saturated heterocycles. The van der Waals surface area contributed by atoms with Crippen molar-refractivity contribution in [3.8, 4) is 5.75 Å². The smallest absolute Gasteiger partial charge is 0.287 e. The van der Waals surface area contributed by atoms with Gasteiger partial charge in [-0.3, -0.25) is 4.79 Å². The van der Waals surface area contributed by atoms with Crippen molar-refractivity contribution in [2.75, 3.05) is 19.5 Å². The Labute approximate surface area is 165 Å². The molecule has 0 aliphatic heterocycles. The van der Waals surface area contributed by atoms with Gasteiger partial charge in [-0.05, 0) is 43.7 Å². The highest BCUT2D eigenvalue weighted by Crippen LogP contribution is 2.26. The number of carbonyl (C=O) groups excluding carboxylic acids is 1. The van der Waals surface area contributed by atoms with Gasteiger partial charge in [-0.25, -0.2) is 0 Å². The minimum atomic E-state index is -0.392. The summed E-state index contributed by atoms with van der Waals surface area (Å²) in [6.45, 7) is 4.51. The fourth-order valence-electron chi connectivity index (χ4n) is 3.39.